The van der Waals surface area contributed by atoms with E-state index in [9.17, 15) is 14.4 Å². The Bertz CT molecular complexity index is 566. The van der Waals surface area contributed by atoms with Crippen LogP contribution in [0.5, 0.6) is 0 Å². The molecule has 4 N–H and O–H groups in total. The lowest BCUT2D eigenvalue weighted by Crippen LogP contribution is -2.54. The summed E-state index contributed by atoms with van der Waals surface area (Å²) in [5.41, 5.74) is 0.783. The number of anilines is 1. The predicted octanol–water partition coefficient (Wildman–Crippen LogP) is 0.738. The predicted molar refractivity (Wildman–Crippen MR) is 95.1 cm³/mol. The molecule has 0 saturated carbocycles. The normalized spacial score (nSPS) is 13.0. The lowest BCUT2D eigenvalue weighted by molar-refractivity contribution is -0.143. The van der Waals surface area contributed by atoms with Crippen LogP contribution in [0.25, 0.3) is 0 Å². The lowest BCUT2D eigenvalue weighted by atomic mass is 10.0. The molecule has 0 aliphatic carbocycles. The number of thiol groups is 1. The van der Waals surface area contributed by atoms with Gasteiger partial charge in [-0.05, 0) is 18.1 Å². The van der Waals surface area contributed by atoms with Gasteiger partial charge in [0, 0.05) is 11.4 Å². The zero-order valence-corrected chi connectivity index (χ0v) is 14.5. The van der Waals surface area contributed by atoms with E-state index in [2.05, 4.69) is 28.6 Å². The molecule has 0 aliphatic rings. The molecule has 2 amide bonds. The molecule has 0 spiro atoms. The van der Waals surface area contributed by atoms with E-state index in [0.29, 0.717) is 0 Å². The summed E-state index contributed by atoms with van der Waals surface area (Å²) >= 11 is 4.05. The molecule has 0 aromatic heterocycles. The maximum atomic E-state index is 12.1. The average Bonchev–Trinajstić information content (AvgIpc) is 2.55. The third-order valence-electron chi connectivity index (χ3n) is 3.29. The highest BCUT2D eigenvalue weighted by atomic mass is 32.1. The Kier molecular flexibility index (Phi) is 8.11. The number of para-hydroxylation sites is 1. The highest BCUT2D eigenvalue weighted by molar-refractivity contribution is 7.80. The van der Waals surface area contributed by atoms with E-state index in [1.54, 1.807) is 13.8 Å². The second-order valence-corrected chi connectivity index (χ2v) is 5.96. The van der Waals surface area contributed by atoms with Crippen molar-refractivity contribution in [3.63, 3.8) is 0 Å². The molecule has 1 aromatic rings. The number of hydrogen-bond acceptors (Lipinski definition) is 5. The molecule has 132 valence electrons. The fourth-order valence-electron chi connectivity index (χ4n) is 1.95. The molecule has 8 heteroatoms. The van der Waals surface area contributed by atoms with Gasteiger partial charge in [-0.1, -0.05) is 32.0 Å². The first kappa shape index (κ1) is 19.8. The maximum Gasteiger partial charge on any atom is 0.326 e. The smallest absolute Gasteiger partial charge is 0.326 e. The number of nitrogens with one attached hydrogen (secondary N) is 3. The second kappa shape index (κ2) is 9.82. The van der Waals surface area contributed by atoms with Crippen LogP contribution < -0.4 is 16.0 Å². The maximum absolute atomic E-state index is 12.1. The number of amides is 2. The van der Waals surface area contributed by atoms with Crippen LogP contribution in [0.4, 0.5) is 5.69 Å². The number of hydrogen-bond donors (Lipinski definition) is 5. The molecule has 0 saturated heterocycles. The SMILES string of the molecule is CC(C)C(NC(=O)C(CS)NC(=O)CNc1ccccc1)C(=O)O. The van der Waals surface area contributed by atoms with Crippen LogP contribution in [0.15, 0.2) is 30.3 Å². The summed E-state index contributed by atoms with van der Waals surface area (Å²) in [7, 11) is 0. The van der Waals surface area contributed by atoms with Crippen molar-refractivity contribution < 1.29 is 19.5 Å². The first-order chi connectivity index (χ1) is 11.3. The van der Waals surface area contributed by atoms with Crippen molar-refractivity contribution in [2.45, 2.75) is 25.9 Å². The Morgan fingerprint density at radius 1 is 1.12 bits per heavy atom. The molecule has 24 heavy (non-hydrogen) atoms. The monoisotopic (exact) mass is 353 g/mol. The van der Waals surface area contributed by atoms with E-state index in [1.807, 2.05) is 30.3 Å². The van der Waals surface area contributed by atoms with Gasteiger partial charge >= 0.3 is 5.97 Å². The van der Waals surface area contributed by atoms with Gasteiger partial charge in [-0.15, -0.1) is 0 Å². The minimum Gasteiger partial charge on any atom is -0.480 e. The van der Waals surface area contributed by atoms with Crippen LogP contribution in [0.1, 0.15) is 13.8 Å². The standard InChI is InChI=1S/C16H23N3O4S/c1-10(2)14(16(22)23)19-15(21)12(9-24)18-13(20)8-17-11-6-4-3-5-7-11/h3-7,10,12,14,17,24H,8-9H2,1-2H3,(H,18,20)(H,19,21)(H,22,23). The average molecular weight is 353 g/mol. The molecule has 2 atom stereocenters. The summed E-state index contributed by atoms with van der Waals surface area (Å²) in [6, 6.07) is 7.25. The number of carboxylic acid groups (broad SMARTS) is 1. The summed E-state index contributed by atoms with van der Waals surface area (Å²) in [4.78, 5) is 35.2. The van der Waals surface area contributed by atoms with Gasteiger partial charge in [-0.3, -0.25) is 9.59 Å². The van der Waals surface area contributed by atoms with E-state index in [0.717, 1.165) is 5.69 Å². The van der Waals surface area contributed by atoms with Crippen LogP contribution in [-0.2, 0) is 14.4 Å². The molecule has 0 radical (unpaired) electrons. The van der Waals surface area contributed by atoms with Crippen molar-refractivity contribution in [2.24, 2.45) is 5.92 Å². The van der Waals surface area contributed by atoms with Gasteiger partial charge in [0.15, 0.2) is 0 Å². The topological polar surface area (TPSA) is 108 Å². The summed E-state index contributed by atoms with van der Waals surface area (Å²) < 4.78 is 0. The highest BCUT2D eigenvalue weighted by Crippen LogP contribution is 2.04. The first-order valence-electron chi connectivity index (χ1n) is 7.57. The second-order valence-electron chi connectivity index (χ2n) is 5.59. The van der Waals surface area contributed by atoms with Gasteiger partial charge in [0.2, 0.25) is 11.8 Å². The molecule has 2 unspecified atom stereocenters. The molecule has 1 aromatic carbocycles. The summed E-state index contributed by atoms with van der Waals surface area (Å²) in [6.07, 6.45) is 0. The van der Waals surface area contributed by atoms with Crippen molar-refractivity contribution in [2.75, 3.05) is 17.6 Å². The molecule has 0 bridgehead atoms. The fraction of sp³-hybridized carbons (Fsp3) is 0.438. The molecule has 7 nitrogen and oxygen atoms in total. The third kappa shape index (κ3) is 6.49. The Morgan fingerprint density at radius 3 is 2.25 bits per heavy atom. The minimum absolute atomic E-state index is 0.00584. The van der Waals surface area contributed by atoms with Gasteiger partial charge in [0.25, 0.3) is 0 Å². The molecular weight excluding hydrogens is 330 g/mol. The van der Waals surface area contributed by atoms with Crippen LogP contribution in [0.3, 0.4) is 0 Å². The highest BCUT2D eigenvalue weighted by Gasteiger charge is 2.27. The Hall–Kier alpha value is -2.22. The largest absolute Gasteiger partial charge is 0.480 e. The van der Waals surface area contributed by atoms with Crippen LogP contribution in [0.2, 0.25) is 0 Å². The van der Waals surface area contributed by atoms with Gasteiger partial charge in [-0.2, -0.15) is 12.6 Å². The Morgan fingerprint density at radius 2 is 1.75 bits per heavy atom. The number of carboxylic acids is 1. The van der Waals surface area contributed by atoms with Gasteiger partial charge < -0.3 is 21.1 Å². The van der Waals surface area contributed by atoms with Crippen molar-refractivity contribution in [1.82, 2.24) is 10.6 Å². The van der Waals surface area contributed by atoms with Crippen LogP contribution in [0, 0.1) is 5.92 Å². The van der Waals surface area contributed by atoms with E-state index in [4.69, 9.17) is 5.11 Å². The quantitative estimate of drug-likeness (QED) is 0.421. The van der Waals surface area contributed by atoms with Crippen molar-refractivity contribution in [3.05, 3.63) is 30.3 Å². The summed E-state index contributed by atoms with van der Waals surface area (Å²) in [6.45, 7) is 3.38. The zero-order valence-electron chi connectivity index (χ0n) is 13.7. The summed E-state index contributed by atoms with van der Waals surface area (Å²) in [5.74, 6) is -2.28. The Labute approximate surface area is 146 Å². The number of aliphatic carboxylic acids is 1. The molecular formula is C16H23N3O4S. The van der Waals surface area contributed by atoms with E-state index in [-0.39, 0.29) is 24.1 Å². The third-order valence-corrected chi connectivity index (χ3v) is 3.66. The number of carbonyl (C=O) groups excluding carboxylic acids is 2. The fourth-order valence-corrected chi connectivity index (χ4v) is 2.20. The van der Waals surface area contributed by atoms with Crippen molar-refractivity contribution in [1.29, 1.82) is 0 Å². The first-order valence-corrected chi connectivity index (χ1v) is 8.20. The van der Waals surface area contributed by atoms with Crippen LogP contribution >= 0.6 is 12.6 Å². The van der Waals surface area contributed by atoms with Crippen LogP contribution in [-0.4, -0.2) is 47.3 Å². The zero-order chi connectivity index (χ0) is 18.1. The number of rotatable bonds is 9. The molecule has 0 fully saturated rings. The van der Waals surface area contributed by atoms with E-state index in [1.165, 1.54) is 0 Å². The van der Waals surface area contributed by atoms with E-state index < -0.39 is 24.0 Å². The van der Waals surface area contributed by atoms with Gasteiger partial charge in [0.1, 0.15) is 12.1 Å². The number of benzene rings is 1. The van der Waals surface area contributed by atoms with Gasteiger partial charge in [0.05, 0.1) is 6.54 Å². The Balaban J connectivity index is 2.54. The van der Waals surface area contributed by atoms with Crippen molar-refractivity contribution in [3.8, 4) is 0 Å². The molecule has 0 heterocycles. The molecule has 0 aliphatic heterocycles. The lowest BCUT2D eigenvalue weighted by Gasteiger charge is -2.22. The van der Waals surface area contributed by atoms with E-state index >= 15 is 0 Å². The molecule has 1 rings (SSSR count). The minimum atomic E-state index is -1.12. The van der Waals surface area contributed by atoms with Crippen molar-refractivity contribution >= 4 is 36.1 Å². The van der Waals surface area contributed by atoms with Gasteiger partial charge in [-0.25, -0.2) is 4.79 Å². The number of carbonyl (C=O) groups is 3. The summed E-state index contributed by atoms with van der Waals surface area (Å²) in [5, 5.41) is 17.0.